The number of aromatic nitrogens is 3. The highest BCUT2D eigenvalue weighted by molar-refractivity contribution is 7.89. The molecule has 0 spiro atoms. The van der Waals surface area contributed by atoms with Gasteiger partial charge in [-0.15, -0.1) is 0 Å². The van der Waals surface area contributed by atoms with Gasteiger partial charge in [0.1, 0.15) is 10.7 Å². The summed E-state index contributed by atoms with van der Waals surface area (Å²) < 4.78 is 26.2. The first-order valence-electron chi connectivity index (χ1n) is 7.74. The van der Waals surface area contributed by atoms with Crippen LogP contribution in [0.25, 0.3) is 0 Å². The second-order valence-electron chi connectivity index (χ2n) is 6.13. The lowest BCUT2D eigenvalue weighted by atomic mass is 9.93. The van der Waals surface area contributed by atoms with Gasteiger partial charge in [0.25, 0.3) is 0 Å². The Balaban J connectivity index is 1.74. The predicted molar refractivity (Wildman–Crippen MR) is 89.0 cm³/mol. The molecule has 0 aliphatic carbocycles. The lowest BCUT2D eigenvalue weighted by molar-refractivity contribution is 0.0131. The molecule has 0 unspecified atom stereocenters. The lowest BCUT2D eigenvalue weighted by Gasteiger charge is -2.41. The molecule has 2 aromatic heterocycles. The number of hydrogen-bond acceptors (Lipinski definition) is 6. The van der Waals surface area contributed by atoms with Crippen molar-refractivity contribution >= 4 is 15.8 Å². The Morgan fingerprint density at radius 3 is 2.96 bits per heavy atom. The van der Waals surface area contributed by atoms with Crippen LogP contribution in [0.4, 0.5) is 5.82 Å². The molecule has 24 heavy (non-hydrogen) atoms. The average Bonchev–Trinajstić information content (AvgIpc) is 3.10. The molecule has 0 aromatic carbocycles. The molecular weight excluding hydrogens is 330 g/mol. The zero-order valence-corrected chi connectivity index (χ0v) is 14.3. The Hall–Kier alpha value is -1.97. The number of piperidine rings is 1. The van der Waals surface area contributed by atoms with Gasteiger partial charge < -0.3 is 10.0 Å². The quantitative estimate of drug-likeness (QED) is 0.811. The number of pyridine rings is 1. The van der Waals surface area contributed by atoms with E-state index in [-0.39, 0.29) is 11.4 Å². The number of sulfonamides is 1. The van der Waals surface area contributed by atoms with Gasteiger partial charge in [-0.2, -0.15) is 9.40 Å². The number of likely N-dealkylation sites (N-methyl/N-ethyl adjacent to an activating group) is 1. The molecule has 0 bridgehead atoms. The van der Waals surface area contributed by atoms with Crippen molar-refractivity contribution in [1.29, 1.82) is 0 Å². The van der Waals surface area contributed by atoms with E-state index in [1.807, 2.05) is 23.1 Å². The summed E-state index contributed by atoms with van der Waals surface area (Å²) in [4.78, 5) is 6.38. The zero-order valence-electron chi connectivity index (χ0n) is 13.5. The molecule has 3 rings (SSSR count). The van der Waals surface area contributed by atoms with Crippen molar-refractivity contribution in [3.8, 4) is 0 Å². The van der Waals surface area contributed by atoms with Crippen molar-refractivity contribution in [3.05, 3.63) is 36.8 Å². The third-order valence-electron chi connectivity index (χ3n) is 4.23. The van der Waals surface area contributed by atoms with Gasteiger partial charge in [-0.25, -0.2) is 13.4 Å². The van der Waals surface area contributed by atoms with Crippen LogP contribution in [0.2, 0.25) is 0 Å². The molecule has 2 N–H and O–H groups in total. The fourth-order valence-electron chi connectivity index (χ4n) is 3.04. The Morgan fingerprint density at radius 2 is 2.29 bits per heavy atom. The summed E-state index contributed by atoms with van der Waals surface area (Å²) in [7, 11) is -2.20. The molecule has 1 fully saturated rings. The Kier molecular flexibility index (Phi) is 4.57. The molecule has 2 aromatic rings. The fourth-order valence-corrected chi connectivity index (χ4v) is 4.19. The molecule has 0 saturated carbocycles. The number of anilines is 1. The van der Waals surface area contributed by atoms with Gasteiger partial charge in [0.2, 0.25) is 10.0 Å². The van der Waals surface area contributed by atoms with Gasteiger partial charge in [0, 0.05) is 39.1 Å². The van der Waals surface area contributed by atoms with E-state index in [4.69, 9.17) is 0 Å². The van der Waals surface area contributed by atoms with E-state index in [1.54, 1.807) is 6.20 Å². The van der Waals surface area contributed by atoms with Gasteiger partial charge in [0.15, 0.2) is 0 Å². The average molecular weight is 351 g/mol. The number of nitrogens with zero attached hydrogens (tertiary/aromatic N) is 4. The smallest absolute Gasteiger partial charge is 0.246 e. The molecule has 8 nitrogen and oxygen atoms in total. The van der Waals surface area contributed by atoms with Gasteiger partial charge in [0.05, 0.1) is 11.8 Å². The van der Waals surface area contributed by atoms with E-state index >= 15 is 0 Å². The second-order valence-corrected chi connectivity index (χ2v) is 8.18. The maximum Gasteiger partial charge on any atom is 0.246 e. The lowest BCUT2D eigenvalue weighted by Crippen LogP contribution is -2.54. The molecule has 0 radical (unpaired) electrons. The molecule has 1 aliphatic rings. The summed E-state index contributed by atoms with van der Waals surface area (Å²) in [5.74, 6) is 0.788. The molecule has 130 valence electrons. The molecule has 1 saturated heterocycles. The molecule has 1 atom stereocenters. The van der Waals surface area contributed by atoms with Crippen LogP contribution in [0.15, 0.2) is 41.7 Å². The van der Waals surface area contributed by atoms with Crippen LogP contribution >= 0.6 is 0 Å². The van der Waals surface area contributed by atoms with Crippen molar-refractivity contribution in [3.63, 3.8) is 0 Å². The first-order valence-corrected chi connectivity index (χ1v) is 9.18. The first-order chi connectivity index (χ1) is 11.4. The van der Waals surface area contributed by atoms with Crippen molar-refractivity contribution in [2.45, 2.75) is 23.3 Å². The Bertz CT molecular complexity index is 766. The van der Waals surface area contributed by atoms with Crippen LogP contribution in [0.3, 0.4) is 0 Å². The maximum atomic E-state index is 12.5. The second kappa shape index (κ2) is 6.50. The van der Waals surface area contributed by atoms with Crippen molar-refractivity contribution in [2.75, 3.05) is 31.6 Å². The van der Waals surface area contributed by atoms with E-state index in [1.165, 1.54) is 23.7 Å². The van der Waals surface area contributed by atoms with Crippen molar-refractivity contribution in [1.82, 2.24) is 19.5 Å². The summed E-state index contributed by atoms with van der Waals surface area (Å²) in [6, 6.07) is 5.62. The standard InChI is InChI=1S/C15H21N5O3S/c1-19(24(22,23)13-9-17-18-10-13)11-15(21)6-4-8-20(12-15)14-5-2-3-7-16-14/h2-3,5,7,9-10,21H,4,6,8,11-12H2,1H3,(H,17,18)/t15-/m1/s1. The van der Waals surface area contributed by atoms with Gasteiger partial charge in [-0.1, -0.05) is 6.07 Å². The Morgan fingerprint density at radius 1 is 1.46 bits per heavy atom. The van der Waals surface area contributed by atoms with Gasteiger partial charge in [-0.3, -0.25) is 5.10 Å². The molecule has 9 heteroatoms. The summed E-state index contributed by atoms with van der Waals surface area (Å²) in [6.45, 7) is 1.15. The van der Waals surface area contributed by atoms with E-state index in [9.17, 15) is 13.5 Å². The van der Waals surface area contributed by atoms with Gasteiger partial charge >= 0.3 is 0 Å². The third kappa shape index (κ3) is 3.42. The molecule has 0 amide bonds. The van der Waals surface area contributed by atoms with Crippen LogP contribution in [0, 0.1) is 0 Å². The topological polar surface area (TPSA) is 102 Å². The van der Waals surface area contributed by atoms with Crippen molar-refractivity contribution < 1.29 is 13.5 Å². The van der Waals surface area contributed by atoms with Crippen LogP contribution < -0.4 is 4.90 Å². The van der Waals surface area contributed by atoms with Crippen molar-refractivity contribution in [2.24, 2.45) is 0 Å². The van der Waals surface area contributed by atoms with E-state index in [0.29, 0.717) is 13.0 Å². The highest BCUT2D eigenvalue weighted by Gasteiger charge is 2.37. The van der Waals surface area contributed by atoms with Crippen LogP contribution in [0.5, 0.6) is 0 Å². The fraction of sp³-hybridized carbons (Fsp3) is 0.467. The monoisotopic (exact) mass is 351 g/mol. The largest absolute Gasteiger partial charge is 0.387 e. The van der Waals surface area contributed by atoms with Crippen LogP contribution in [-0.4, -0.2) is 65.3 Å². The minimum absolute atomic E-state index is 0.0177. The SMILES string of the molecule is CN(C[C@]1(O)CCCN(c2ccccn2)C1)S(=O)(=O)c1cn[nH]c1. The van der Waals surface area contributed by atoms with E-state index < -0.39 is 15.6 Å². The summed E-state index contributed by atoms with van der Waals surface area (Å²) in [5, 5.41) is 17.1. The highest BCUT2D eigenvalue weighted by atomic mass is 32.2. The summed E-state index contributed by atoms with van der Waals surface area (Å²) in [6.07, 6.45) is 5.61. The van der Waals surface area contributed by atoms with Crippen LogP contribution in [-0.2, 0) is 10.0 Å². The summed E-state index contributed by atoms with van der Waals surface area (Å²) in [5.41, 5.74) is -1.12. The van der Waals surface area contributed by atoms with Gasteiger partial charge in [-0.05, 0) is 25.0 Å². The Labute approximate surface area is 141 Å². The van der Waals surface area contributed by atoms with E-state index in [0.717, 1.165) is 18.8 Å². The first kappa shape index (κ1) is 16.9. The number of aromatic amines is 1. The molecule has 1 aliphatic heterocycles. The third-order valence-corrected chi connectivity index (χ3v) is 6.00. The minimum Gasteiger partial charge on any atom is -0.387 e. The summed E-state index contributed by atoms with van der Waals surface area (Å²) >= 11 is 0. The number of rotatable bonds is 5. The predicted octanol–water partition coefficient (Wildman–Crippen LogP) is 0.457. The normalized spacial score (nSPS) is 22.0. The number of hydrogen-bond donors (Lipinski definition) is 2. The number of H-pyrrole nitrogens is 1. The maximum absolute atomic E-state index is 12.5. The number of nitrogens with one attached hydrogen (secondary N) is 1. The van der Waals surface area contributed by atoms with Crippen LogP contribution in [0.1, 0.15) is 12.8 Å². The molecule has 3 heterocycles. The van der Waals surface area contributed by atoms with E-state index in [2.05, 4.69) is 15.2 Å². The molecular formula is C15H21N5O3S. The highest BCUT2D eigenvalue weighted by Crippen LogP contribution is 2.27. The number of β-amino-alcohol motifs (C(OH)–C–C–N with tert-alkyl or cyclic N) is 1. The number of aliphatic hydroxyl groups is 1. The minimum atomic E-state index is -3.67. The zero-order chi connectivity index (χ0) is 17.2.